The van der Waals surface area contributed by atoms with E-state index in [2.05, 4.69) is 31.5 Å². The molecule has 0 radical (unpaired) electrons. The number of halogens is 1. The minimum Gasteiger partial charge on any atom is -0.382 e. The van der Waals surface area contributed by atoms with Crippen LogP contribution in [0.2, 0.25) is 0 Å². The maximum absolute atomic E-state index is 15.8. The maximum Gasteiger partial charge on any atom is 0.355 e. The number of imidazole rings is 1. The van der Waals surface area contributed by atoms with Gasteiger partial charge in [0.05, 0.1) is 17.4 Å². The number of H-pyrrole nitrogens is 1. The number of hydrogen-bond acceptors (Lipinski definition) is 10. The van der Waals surface area contributed by atoms with Crippen LogP contribution in [0.15, 0.2) is 47.1 Å². The Labute approximate surface area is 240 Å². The number of rotatable bonds is 6. The lowest BCUT2D eigenvalue weighted by atomic mass is 10.0. The number of sulfone groups is 1. The molecule has 1 aliphatic rings. The molecule has 4 aromatic rings. The van der Waals surface area contributed by atoms with Crippen LogP contribution in [0.4, 0.5) is 16.0 Å². The quantitative estimate of drug-likeness (QED) is 0.314. The molecule has 1 saturated heterocycles. The first-order valence-electron chi connectivity index (χ1n) is 13.1. The van der Waals surface area contributed by atoms with E-state index in [0.29, 0.717) is 25.2 Å². The average molecular weight is 596 g/mol. The number of anilines is 2. The molecule has 1 aliphatic heterocycles. The van der Waals surface area contributed by atoms with Crippen molar-refractivity contribution in [3.8, 4) is 17.1 Å². The highest BCUT2D eigenvalue weighted by molar-refractivity contribution is 7.90. The first kappa shape index (κ1) is 28.9. The molecule has 5 heterocycles. The van der Waals surface area contributed by atoms with Gasteiger partial charge in [-0.15, -0.1) is 0 Å². The summed E-state index contributed by atoms with van der Waals surface area (Å²) in [6.45, 7) is 9.99. The molecule has 1 atom stereocenters. The minimum absolute atomic E-state index is 0.0100. The number of pyridine rings is 2. The predicted octanol–water partition coefficient (Wildman–Crippen LogP) is 2.04. The van der Waals surface area contributed by atoms with Gasteiger partial charge in [-0.05, 0) is 30.5 Å². The normalized spacial score (nSPS) is 15.9. The van der Waals surface area contributed by atoms with E-state index < -0.39 is 21.3 Å². The van der Waals surface area contributed by atoms with Gasteiger partial charge >= 0.3 is 5.69 Å². The largest absolute Gasteiger partial charge is 0.382 e. The summed E-state index contributed by atoms with van der Waals surface area (Å²) in [5.41, 5.74) is 5.47. The molecule has 42 heavy (non-hydrogen) atoms. The number of nitrogens with one attached hydrogen (secondary N) is 1. The number of nitrogen functional groups attached to an aromatic ring is 1. The minimum atomic E-state index is -3.89. The third-order valence-corrected chi connectivity index (χ3v) is 8.35. The van der Waals surface area contributed by atoms with Crippen molar-refractivity contribution in [2.45, 2.75) is 37.6 Å². The van der Waals surface area contributed by atoms with Gasteiger partial charge < -0.3 is 20.5 Å². The second-order valence-electron chi connectivity index (χ2n) is 10.4. The van der Waals surface area contributed by atoms with Crippen LogP contribution in [-0.4, -0.2) is 80.6 Å². The lowest BCUT2D eigenvalue weighted by molar-refractivity contribution is -0.126. The Morgan fingerprint density at radius 3 is 2.60 bits per heavy atom. The van der Waals surface area contributed by atoms with Crippen molar-refractivity contribution in [3.63, 3.8) is 0 Å². The molecular formula is C27H30FN9O4S. The van der Waals surface area contributed by atoms with Crippen LogP contribution in [-0.2, 0) is 14.6 Å². The summed E-state index contributed by atoms with van der Waals surface area (Å²) in [7, 11) is -3.89. The van der Waals surface area contributed by atoms with E-state index in [1.807, 2.05) is 20.8 Å². The Hall–Kier alpha value is -4.66. The SMILES string of the molecule is C=CC(=O)N1CCN(c2nc(=O)n(-c3c(C(C)C)cncc3S(C)(=O)=O)c3nc(-c4[nH]cnc4N)c(F)cc23)[C@@H](C)C1. The highest BCUT2D eigenvalue weighted by atomic mass is 32.2. The van der Waals surface area contributed by atoms with E-state index in [-0.39, 0.29) is 62.5 Å². The molecule has 0 aromatic carbocycles. The van der Waals surface area contributed by atoms with E-state index in [4.69, 9.17) is 5.73 Å². The number of aromatic amines is 1. The molecule has 3 N–H and O–H groups in total. The number of nitrogens with zero attached hydrogens (tertiary/aromatic N) is 7. The van der Waals surface area contributed by atoms with Gasteiger partial charge in [-0.2, -0.15) is 4.98 Å². The Bertz CT molecular complexity index is 1900. The zero-order valence-corrected chi connectivity index (χ0v) is 24.3. The Morgan fingerprint density at radius 1 is 1.26 bits per heavy atom. The van der Waals surface area contributed by atoms with Crippen molar-refractivity contribution in [2.24, 2.45) is 0 Å². The summed E-state index contributed by atoms with van der Waals surface area (Å²) in [6, 6.07) is 0.888. The summed E-state index contributed by atoms with van der Waals surface area (Å²) in [6.07, 6.45) is 6.18. The first-order valence-corrected chi connectivity index (χ1v) is 15.0. The summed E-state index contributed by atoms with van der Waals surface area (Å²) in [5.74, 6) is -1.10. The molecule has 15 heteroatoms. The fourth-order valence-corrected chi connectivity index (χ4v) is 5.99. The maximum atomic E-state index is 15.8. The van der Waals surface area contributed by atoms with Gasteiger partial charge in [0.1, 0.15) is 22.1 Å². The smallest absolute Gasteiger partial charge is 0.355 e. The molecule has 0 spiro atoms. The molecule has 4 aromatic heterocycles. The molecule has 0 aliphatic carbocycles. The van der Waals surface area contributed by atoms with Crippen LogP contribution < -0.4 is 16.3 Å². The molecule has 1 fully saturated rings. The van der Waals surface area contributed by atoms with E-state index >= 15 is 4.39 Å². The van der Waals surface area contributed by atoms with Crippen LogP contribution in [0.1, 0.15) is 32.3 Å². The zero-order valence-electron chi connectivity index (χ0n) is 23.5. The zero-order chi connectivity index (χ0) is 30.5. The first-order chi connectivity index (χ1) is 19.8. The van der Waals surface area contributed by atoms with E-state index in [1.54, 1.807) is 9.80 Å². The van der Waals surface area contributed by atoms with Crippen LogP contribution in [0.25, 0.3) is 28.1 Å². The molecule has 13 nitrogen and oxygen atoms in total. The number of amides is 1. The number of hydrogen-bond donors (Lipinski definition) is 2. The number of fused-ring (bicyclic) bond motifs is 1. The Morgan fingerprint density at radius 2 is 2.00 bits per heavy atom. The number of aromatic nitrogens is 6. The summed E-state index contributed by atoms with van der Waals surface area (Å²) in [5, 5.41) is 0.162. The molecular weight excluding hydrogens is 565 g/mol. The van der Waals surface area contributed by atoms with E-state index in [9.17, 15) is 18.0 Å². The topological polar surface area (TPSA) is 173 Å². The van der Waals surface area contributed by atoms with E-state index in [1.165, 1.54) is 24.7 Å². The van der Waals surface area contributed by atoms with Crippen molar-refractivity contribution in [1.82, 2.24) is 34.4 Å². The standard InChI is InChI=1S/C27H30FN9O4S/c1-6-20(38)35-7-8-36(15(4)12-35)25-16-9-18(28)21(22-24(29)32-13-31-22)33-26(16)37(27(39)34-25)23-17(14(2)3)10-30-11-19(23)42(5,40)41/h6,9-11,13-15H,1,7-8,12,29H2,2-5H3,(H,31,32)/t15-/m0/s1. The third kappa shape index (κ3) is 4.89. The summed E-state index contributed by atoms with van der Waals surface area (Å²) in [4.78, 5) is 49.2. The third-order valence-electron chi connectivity index (χ3n) is 7.25. The lowest BCUT2D eigenvalue weighted by Gasteiger charge is -2.40. The van der Waals surface area contributed by atoms with Crippen LogP contribution >= 0.6 is 0 Å². The van der Waals surface area contributed by atoms with Crippen LogP contribution in [0.3, 0.4) is 0 Å². The van der Waals surface area contributed by atoms with Crippen molar-refractivity contribution < 1.29 is 17.6 Å². The van der Waals surface area contributed by atoms with Gasteiger partial charge in [-0.25, -0.2) is 32.1 Å². The molecule has 1 amide bonds. The second-order valence-corrected chi connectivity index (χ2v) is 12.4. The van der Waals surface area contributed by atoms with Crippen molar-refractivity contribution >= 4 is 38.4 Å². The molecule has 220 valence electrons. The highest BCUT2D eigenvalue weighted by Crippen LogP contribution is 2.35. The van der Waals surface area contributed by atoms with Gasteiger partial charge in [0, 0.05) is 44.3 Å². The molecule has 0 unspecified atom stereocenters. The van der Waals surface area contributed by atoms with Gasteiger partial charge in [0.25, 0.3) is 0 Å². The van der Waals surface area contributed by atoms with Crippen molar-refractivity contribution in [3.05, 3.63) is 59.3 Å². The fraction of sp³-hybridized carbons (Fsp3) is 0.333. The Balaban J connectivity index is 1.87. The summed E-state index contributed by atoms with van der Waals surface area (Å²) < 4.78 is 42.7. The molecule has 5 rings (SSSR count). The number of carbonyl (C=O) groups excluding carboxylic acids is 1. The predicted molar refractivity (Wildman–Crippen MR) is 156 cm³/mol. The lowest BCUT2D eigenvalue weighted by Crippen LogP contribution is -2.54. The highest BCUT2D eigenvalue weighted by Gasteiger charge is 2.31. The molecule has 0 bridgehead atoms. The van der Waals surface area contributed by atoms with Crippen LogP contribution in [0, 0.1) is 5.82 Å². The average Bonchev–Trinajstić information content (AvgIpc) is 3.36. The van der Waals surface area contributed by atoms with Crippen LogP contribution in [0.5, 0.6) is 0 Å². The summed E-state index contributed by atoms with van der Waals surface area (Å²) >= 11 is 0. The number of nitrogens with two attached hydrogens (primary N) is 1. The number of piperazine rings is 1. The van der Waals surface area contributed by atoms with E-state index in [0.717, 1.165) is 17.0 Å². The van der Waals surface area contributed by atoms with Gasteiger partial charge in [0.2, 0.25) is 5.91 Å². The van der Waals surface area contributed by atoms with Gasteiger partial charge in [0.15, 0.2) is 27.1 Å². The molecule has 0 saturated carbocycles. The monoisotopic (exact) mass is 595 g/mol. The second kappa shape index (κ2) is 10.6. The van der Waals surface area contributed by atoms with Gasteiger partial charge in [-0.1, -0.05) is 20.4 Å². The number of carbonyl (C=O) groups is 1. The van der Waals surface area contributed by atoms with Gasteiger partial charge in [-0.3, -0.25) is 9.78 Å². The fourth-order valence-electron chi connectivity index (χ4n) is 5.18. The van der Waals surface area contributed by atoms with Crippen molar-refractivity contribution in [2.75, 3.05) is 36.5 Å². The Kier molecular flexibility index (Phi) is 7.30. The van der Waals surface area contributed by atoms with Crippen molar-refractivity contribution in [1.29, 1.82) is 0 Å².